The summed E-state index contributed by atoms with van der Waals surface area (Å²) in [6.45, 7) is 1.46. The van der Waals surface area contributed by atoms with Crippen LogP contribution in [0, 0.1) is 10.1 Å². The van der Waals surface area contributed by atoms with Crippen molar-refractivity contribution in [3.63, 3.8) is 0 Å². The molecule has 1 heterocycles. The third kappa shape index (κ3) is 2.15. The quantitative estimate of drug-likeness (QED) is 0.627. The number of hydrogen-bond acceptors (Lipinski definition) is 5. The molecule has 1 aliphatic heterocycles. The first kappa shape index (κ1) is 14.3. The Bertz CT molecular complexity index is 901. The summed E-state index contributed by atoms with van der Waals surface area (Å²) in [5, 5.41) is 10.9. The van der Waals surface area contributed by atoms with E-state index in [1.54, 1.807) is 30.3 Å². The van der Waals surface area contributed by atoms with Crippen LogP contribution in [-0.2, 0) is 9.84 Å². The lowest BCUT2D eigenvalue weighted by molar-refractivity contribution is -0.385. The molecule has 0 saturated heterocycles. The Balaban J connectivity index is 2.22. The van der Waals surface area contributed by atoms with Gasteiger partial charge in [-0.25, -0.2) is 8.42 Å². The Morgan fingerprint density at radius 2 is 1.77 bits per heavy atom. The van der Waals surface area contributed by atoms with E-state index in [1.807, 2.05) is 0 Å². The molecule has 2 aromatic rings. The average Bonchev–Trinajstić information content (AvgIpc) is 2.51. The molecule has 6 nitrogen and oxygen atoms in total. The highest BCUT2D eigenvalue weighted by atomic mass is 32.2. The molecule has 0 unspecified atom stereocenters. The topological polar surface area (TPSA) is 86.5 Å². The van der Waals surface area contributed by atoms with Crippen molar-refractivity contribution in [2.75, 3.05) is 0 Å². The number of rotatable bonds is 2. The number of nitrogens with zero attached hydrogens (tertiary/aromatic N) is 1. The SMILES string of the molecule is CC1=C(c2ccccc2)Oc2cc([N+](=O)[O-])ccc2S1(=O)=O. The summed E-state index contributed by atoms with van der Waals surface area (Å²) in [5.74, 6) is 0.159. The summed E-state index contributed by atoms with van der Waals surface area (Å²) in [6, 6.07) is 12.2. The number of hydrogen-bond donors (Lipinski definition) is 0. The molecule has 112 valence electrons. The number of allylic oxidation sites excluding steroid dienone is 1. The van der Waals surface area contributed by atoms with Gasteiger partial charge in [0.25, 0.3) is 5.69 Å². The van der Waals surface area contributed by atoms with E-state index in [-0.39, 0.29) is 27.0 Å². The molecule has 0 bridgehead atoms. The van der Waals surface area contributed by atoms with Crippen LogP contribution in [0.15, 0.2) is 58.3 Å². The standard InChI is InChI=1S/C15H11NO5S/c1-10-15(11-5-3-2-4-6-11)21-13-9-12(16(17)18)7-8-14(13)22(10,19)20/h2-9H,1H3. The van der Waals surface area contributed by atoms with Gasteiger partial charge in [0.1, 0.15) is 10.7 Å². The Hall–Kier alpha value is -2.67. The molecule has 0 atom stereocenters. The lowest BCUT2D eigenvalue weighted by Gasteiger charge is -2.21. The van der Waals surface area contributed by atoms with Gasteiger partial charge < -0.3 is 4.74 Å². The maximum absolute atomic E-state index is 12.6. The van der Waals surface area contributed by atoms with Gasteiger partial charge in [-0.1, -0.05) is 30.3 Å². The molecule has 7 heteroatoms. The number of sulfone groups is 1. The lowest BCUT2D eigenvalue weighted by Crippen LogP contribution is -2.15. The zero-order chi connectivity index (χ0) is 15.9. The number of nitro benzene ring substituents is 1. The van der Waals surface area contributed by atoms with Gasteiger partial charge in [-0.2, -0.15) is 0 Å². The smallest absolute Gasteiger partial charge is 0.273 e. The second kappa shape index (κ2) is 4.96. The highest BCUT2D eigenvalue weighted by Crippen LogP contribution is 2.41. The second-order valence-electron chi connectivity index (χ2n) is 4.74. The van der Waals surface area contributed by atoms with Gasteiger partial charge in [-0.3, -0.25) is 10.1 Å². The summed E-state index contributed by atoms with van der Waals surface area (Å²) >= 11 is 0. The van der Waals surface area contributed by atoms with Crippen LogP contribution in [0.1, 0.15) is 12.5 Å². The van der Waals surface area contributed by atoms with Crippen molar-refractivity contribution in [3.05, 3.63) is 69.1 Å². The highest BCUT2D eigenvalue weighted by molar-refractivity contribution is 7.95. The fraction of sp³-hybridized carbons (Fsp3) is 0.0667. The van der Waals surface area contributed by atoms with E-state index in [0.717, 1.165) is 12.1 Å². The van der Waals surface area contributed by atoms with E-state index in [4.69, 9.17) is 4.74 Å². The van der Waals surface area contributed by atoms with Crippen molar-refractivity contribution in [1.29, 1.82) is 0 Å². The van der Waals surface area contributed by atoms with Gasteiger partial charge in [0, 0.05) is 11.6 Å². The van der Waals surface area contributed by atoms with E-state index in [9.17, 15) is 18.5 Å². The predicted molar refractivity (Wildman–Crippen MR) is 79.9 cm³/mol. The first-order valence-electron chi connectivity index (χ1n) is 6.39. The maximum atomic E-state index is 12.6. The van der Waals surface area contributed by atoms with Crippen molar-refractivity contribution >= 4 is 21.3 Å². The fourth-order valence-corrected chi connectivity index (χ4v) is 3.58. The number of nitro groups is 1. The summed E-state index contributed by atoms with van der Waals surface area (Å²) in [5.41, 5.74) is 0.377. The Morgan fingerprint density at radius 1 is 1.09 bits per heavy atom. The molecular weight excluding hydrogens is 306 g/mol. The Kier molecular flexibility index (Phi) is 3.22. The van der Waals surface area contributed by atoms with Crippen molar-refractivity contribution < 1.29 is 18.1 Å². The Morgan fingerprint density at radius 3 is 2.41 bits per heavy atom. The molecule has 0 saturated carbocycles. The van der Waals surface area contributed by atoms with Crippen LogP contribution >= 0.6 is 0 Å². The van der Waals surface area contributed by atoms with Crippen LogP contribution in [0.2, 0.25) is 0 Å². The van der Waals surface area contributed by atoms with Gasteiger partial charge in [0.15, 0.2) is 5.75 Å². The van der Waals surface area contributed by atoms with Crippen LogP contribution < -0.4 is 4.74 Å². The molecule has 0 aliphatic carbocycles. The molecule has 0 spiro atoms. The third-order valence-corrected chi connectivity index (χ3v) is 5.31. The molecule has 0 aromatic heterocycles. The van der Waals surface area contributed by atoms with E-state index in [0.29, 0.717) is 5.56 Å². The van der Waals surface area contributed by atoms with Crippen molar-refractivity contribution in [2.24, 2.45) is 0 Å². The zero-order valence-corrected chi connectivity index (χ0v) is 12.3. The number of non-ortho nitro benzene ring substituents is 1. The van der Waals surface area contributed by atoms with E-state index in [2.05, 4.69) is 0 Å². The monoisotopic (exact) mass is 317 g/mol. The van der Waals surface area contributed by atoms with E-state index >= 15 is 0 Å². The molecular formula is C15H11NO5S. The van der Waals surface area contributed by atoms with Crippen LogP contribution in [0.25, 0.3) is 5.76 Å². The fourth-order valence-electron chi connectivity index (χ4n) is 2.23. The lowest BCUT2D eigenvalue weighted by atomic mass is 10.2. The van der Waals surface area contributed by atoms with Gasteiger partial charge in [0.2, 0.25) is 9.84 Å². The first-order chi connectivity index (χ1) is 10.4. The third-order valence-electron chi connectivity index (χ3n) is 3.40. The molecule has 2 aromatic carbocycles. The molecule has 0 amide bonds. The molecule has 3 rings (SSSR count). The average molecular weight is 317 g/mol. The highest BCUT2D eigenvalue weighted by Gasteiger charge is 2.33. The summed E-state index contributed by atoms with van der Waals surface area (Å²) in [6.07, 6.45) is 0. The van der Waals surface area contributed by atoms with E-state index < -0.39 is 14.8 Å². The van der Waals surface area contributed by atoms with Gasteiger partial charge in [-0.05, 0) is 13.0 Å². The molecule has 0 N–H and O–H groups in total. The number of benzene rings is 2. The largest absolute Gasteiger partial charge is 0.454 e. The van der Waals surface area contributed by atoms with Crippen LogP contribution in [0.4, 0.5) is 5.69 Å². The normalized spacial score (nSPS) is 15.9. The van der Waals surface area contributed by atoms with Crippen molar-refractivity contribution in [3.8, 4) is 5.75 Å². The zero-order valence-electron chi connectivity index (χ0n) is 11.5. The minimum absolute atomic E-state index is 0.0290. The van der Waals surface area contributed by atoms with Crippen molar-refractivity contribution in [2.45, 2.75) is 11.8 Å². The molecule has 22 heavy (non-hydrogen) atoms. The molecule has 0 radical (unpaired) electrons. The van der Waals surface area contributed by atoms with Crippen LogP contribution in [-0.4, -0.2) is 13.3 Å². The summed E-state index contributed by atoms with van der Waals surface area (Å²) in [4.78, 5) is 10.3. The van der Waals surface area contributed by atoms with Gasteiger partial charge in [-0.15, -0.1) is 0 Å². The van der Waals surface area contributed by atoms with Crippen molar-refractivity contribution in [1.82, 2.24) is 0 Å². The van der Waals surface area contributed by atoms with Crippen LogP contribution in [0.3, 0.4) is 0 Å². The minimum Gasteiger partial charge on any atom is -0.454 e. The first-order valence-corrected chi connectivity index (χ1v) is 7.87. The van der Waals surface area contributed by atoms with Crippen LogP contribution in [0.5, 0.6) is 5.75 Å². The summed E-state index contributed by atoms with van der Waals surface area (Å²) in [7, 11) is -3.73. The van der Waals surface area contributed by atoms with Gasteiger partial charge in [0.05, 0.1) is 15.9 Å². The number of fused-ring (bicyclic) bond motifs is 1. The minimum atomic E-state index is -3.73. The van der Waals surface area contributed by atoms with E-state index in [1.165, 1.54) is 13.0 Å². The predicted octanol–water partition coefficient (Wildman–Crippen LogP) is 3.15. The Labute approximate surface area is 126 Å². The molecule has 1 aliphatic rings. The summed E-state index contributed by atoms with van der Waals surface area (Å²) < 4.78 is 30.8. The second-order valence-corrected chi connectivity index (χ2v) is 6.80. The maximum Gasteiger partial charge on any atom is 0.273 e. The number of ether oxygens (including phenoxy) is 1. The molecule has 0 fully saturated rings. The van der Waals surface area contributed by atoms with Gasteiger partial charge >= 0.3 is 0 Å².